The second kappa shape index (κ2) is 6.23. The number of para-hydroxylation sites is 1. The lowest BCUT2D eigenvalue weighted by molar-refractivity contribution is 0.0697. The first-order valence-corrected chi connectivity index (χ1v) is 6.61. The van der Waals surface area contributed by atoms with Crippen LogP contribution in [0.3, 0.4) is 0 Å². The molecule has 0 atom stereocenters. The van der Waals surface area contributed by atoms with Crippen LogP contribution >= 0.6 is 0 Å². The van der Waals surface area contributed by atoms with Gasteiger partial charge in [-0.2, -0.15) is 5.10 Å². The molecule has 0 saturated carbocycles. The third-order valence-corrected chi connectivity index (χ3v) is 3.09. The fraction of sp³-hybridized carbons (Fsp3) is 0.333. The number of aromatic carboxylic acids is 1. The second-order valence-corrected chi connectivity index (χ2v) is 4.51. The predicted molar refractivity (Wildman–Crippen MR) is 76.1 cm³/mol. The monoisotopic (exact) mass is 274 g/mol. The molecule has 1 N–H and O–H groups in total. The molecule has 0 aliphatic carbocycles. The van der Waals surface area contributed by atoms with E-state index in [1.807, 2.05) is 18.2 Å². The van der Waals surface area contributed by atoms with Gasteiger partial charge in [-0.1, -0.05) is 25.5 Å². The lowest BCUT2D eigenvalue weighted by Crippen LogP contribution is -1.98. The molecular formula is C15H18N2O3. The Morgan fingerprint density at radius 3 is 2.80 bits per heavy atom. The van der Waals surface area contributed by atoms with Crippen molar-refractivity contribution in [1.82, 2.24) is 9.78 Å². The van der Waals surface area contributed by atoms with Gasteiger partial charge in [0.15, 0.2) is 0 Å². The number of carboxylic acids is 1. The predicted octanol–water partition coefficient (Wildman–Crippen LogP) is 3.06. The van der Waals surface area contributed by atoms with Gasteiger partial charge in [-0.25, -0.2) is 4.79 Å². The van der Waals surface area contributed by atoms with Gasteiger partial charge in [0.05, 0.1) is 7.11 Å². The molecule has 5 nitrogen and oxygen atoms in total. The van der Waals surface area contributed by atoms with Crippen LogP contribution in [0.1, 0.15) is 30.1 Å². The van der Waals surface area contributed by atoms with Crippen molar-refractivity contribution in [1.29, 1.82) is 0 Å². The summed E-state index contributed by atoms with van der Waals surface area (Å²) >= 11 is 0. The van der Waals surface area contributed by atoms with Crippen LogP contribution < -0.4 is 4.74 Å². The average Bonchev–Trinajstić information content (AvgIpc) is 2.89. The summed E-state index contributed by atoms with van der Waals surface area (Å²) in [4.78, 5) is 11.4. The summed E-state index contributed by atoms with van der Waals surface area (Å²) in [6.07, 6.45) is 3.58. The minimum Gasteiger partial charge on any atom is -0.496 e. The number of aryl methyl sites for hydroxylation is 1. The smallest absolute Gasteiger partial charge is 0.339 e. The summed E-state index contributed by atoms with van der Waals surface area (Å²) in [6, 6.07) is 7.30. The molecule has 2 rings (SSSR count). The maximum atomic E-state index is 11.4. The van der Waals surface area contributed by atoms with Crippen molar-refractivity contribution < 1.29 is 14.6 Å². The van der Waals surface area contributed by atoms with E-state index in [1.165, 1.54) is 0 Å². The number of ether oxygens (including phenoxy) is 1. The van der Waals surface area contributed by atoms with Crippen LogP contribution in [0.25, 0.3) is 11.3 Å². The molecule has 0 aliphatic rings. The lowest BCUT2D eigenvalue weighted by atomic mass is 10.1. The molecule has 0 spiro atoms. The zero-order valence-electron chi connectivity index (χ0n) is 11.7. The van der Waals surface area contributed by atoms with Crippen molar-refractivity contribution in [3.05, 3.63) is 36.0 Å². The van der Waals surface area contributed by atoms with Crippen molar-refractivity contribution in [3.8, 4) is 17.0 Å². The van der Waals surface area contributed by atoms with Gasteiger partial charge in [0, 0.05) is 18.3 Å². The molecule has 0 fully saturated rings. The molecule has 0 unspecified atom stereocenters. The van der Waals surface area contributed by atoms with Crippen LogP contribution in [0.15, 0.2) is 30.5 Å². The Bertz CT molecular complexity index is 605. The van der Waals surface area contributed by atoms with Crippen molar-refractivity contribution in [2.24, 2.45) is 0 Å². The van der Waals surface area contributed by atoms with Gasteiger partial charge >= 0.3 is 5.97 Å². The molecule has 0 radical (unpaired) electrons. The highest BCUT2D eigenvalue weighted by atomic mass is 16.5. The standard InChI is InChI=1S/C15H18N2O3/c1-3-4-9-17-10-12(15(18)19)14(16-17)11-7-5-6-8-13(11)20-2/h5-8,10H,3-4,9H2,1-2H3,(H,18,19). The molecule has 2 aromatic rings. The number of aromatic nitrogens is 2. The molecule has 1 aromatic carbocycles. The zero-order valence-corrected chi connectivity index (χ0v) is 11.7. The number of nitrogens with zero attached hydrogens (tertiary/aromatic N) is 2. The van der Waals surface area contributed by atoms with E-state index < -0.39 is 5.97 Å². The topological polar surface area (TPSA) is 64.4 Å². The van der Waals surface area contributed by atoms with Gasteiger partial charge in [0.1, 0.15) is 17.0 Å². The third kappa shape index (κ3) is 2.82. The first-order chi connectivity index (χ1) is 9.67. The second-order valence-electron chi connectivity index (χ2n) is 4.51. The number of hydrogen-bond donors (Lipinski definition) is 1. The van der Waals surface area contributed by atoms with Gasteiger partial charge in [-0.15, -0.1) is 0 Å². The average molecular weight is 274 g/mol. The molecule has 5 heteroatoms. The fourth-order valence-electron chi connectivity index (χ4n) is 2.05. The van der Waals surface area contributed by atoms with Crippen LogP contribution in [-0.2, 0) is 6.54 Å². The largest absolute Gasteiger partial charge is 0.496 e. The minimum atomic E-state index is -0.978. The molecule has 20 heavy (non-hydrogen) atoms. The Labute approximate surface area is 117 Å². The van der Waals surface area contributed by atoms with E-state index in [9.17, 15) is 9.90 Å². The summed E-state index contributed by atoms with van der Waals surface area (Å²) in [5, 5.41) is 13.7. The number of hydrogen-bond acceptors (Lipinski definition) is 3. The Morgan fingerprint density at radius 2 is 2.15 bits per heavy atom. The van der Waals surface area contributed by atoms with Crippen molar-refractivity contribution >= 4 is 5.97 Å². The number of carboxylic acid groups (broad SMARTS) is 1. The van der Waals surface area contributed by atoms with Crippen LogP contribution in [0.4, 0.5) is 0 Å². The van der Waals surface area contributed by atoms with E-state index in [0.717, 1.165) is 12.8 Å². The quantitative estimate of drug-likeness (QED) is 0.879. The van der Waals surface area contributed by atoms with E-state index in [2.05, 4.69) is 12.0 Å². The highest BCUT2D eigenvalue weighted by molar-refractivity contribution is 5.95. The van der Waals surface area contributed by atoms with Crippen molar-refractivity contribution in [2.45, 2.75) is 26.3 Å². The van der Waals surface area contributed by atoms with E-state index >= 15 is 0 Å². The number of unbranched alkanes of at least 4 members (excludes halogenated alkanes) is 1. The zero-order chi connectivity index (χ0) is 14.5. The van der Waals surface area contributed by atoms with Gasteiger partial charge in [0.2, 0.25) is 0 Å². The first-order valence-electron chi connectivity index (χ1n) is 6.61. The summed E-state index contributed by atoms with van der Waals surface area (Å²) in [6.45, 7) is 2.80. The highest BCUT2D eigenvalue weighted by Gasteiger charge is 2.19. The third-order valence-electron chi connectivity index (χ3n) is 3.09. The Morgan fingerprint density at radius 1 is 1.40 bits per heavy atom. The van der Waals surface area contributed by atoms with Gasteiger partial charge in [-0.05, 0) is 18.6 Å². The van der Waals surface area contributed by atoms with E-state index in [4.69, 9.17) is 4.74 Å². The lowest BCUT2D eigenvalue weighted by Gasteiger charge is -2.06. The van der Waals surface area contributed by atoms with Crippen molar-refractivity contribution in [2.75, 3.05) is 7.11 Å². The molecule has 1 heterocycles. The highest BCUT2D eigenvalue weighted by Crippen LogP contribution is 2.31. The summed E-state index contributed by atoms with van der Waals surface area (Å²) in [5.41, 5.74) is 1.35. The summed E-state index contributed by atoms with van der Waals surface area (Å²) < 4.78 is 6.97. The number of methoxy groups -OCH3 is 1. The van der Waals surface area contributed by atoms with Crippen molar-refractivity contribution in [3.63, 3.8) is 0 Å². The summed E-state index contributed by atoms with van der Waals surface area (Å²) in [5.74, 6) is -0.357. The molecule has 0 bridgehead atoms. The number of rotatable bonds is 6. The first kappa shape index (κ1) is 14.1. The minimum absolute atomic E-state index is 0.200. The maximum absolute atomic E-state index is 11.4. The van der Waals surface area contributed by atoms with E-state index in [0.29, 0.717) is 23.6 Å². The summed E-state index contributed by atoms with van der Waals surface area (Å²) in [7, 11) is 1.56. The fourth-order valence-corrected chi connectivity index (χ4v) is 2.05. The normalized spacial score (nSPS) is 10.5. The molecule has 0 amide bonds. The Balaban J connectivity index is 2.48. The molecule has 106 valence electrons. The van der Waals surface area contributed by atoms with Gasteiger partial charge in [0.25, 0.3) is 0 Å². The van der Waals surface area contributed by atoms with E-state index in [1.54, 1.807) is 24.1 Å². The van der Waals surface area contributed by atoms with Crippen LogP contribution in [0.2, 0.25) is 0 Å². The number of carbonyl (C=O) groups is 1. The molecular weight excluding hydrogens is 256 g/mol. The Hall–Kier alpha value is -2.30. The van der Waals surface area contributed by atoms with Crippen LogP contribution in [0, 0.1) is 0 Å². The maximum Gasteiger partial charge on any atom is 0.339 e. The van der Waals surface area contributed by atoms with Crippen LogP contribution in [0.5, 0.6) is 5.75 Å². The molecule has 0 aliphatic heterocycles. The SMILES string of the molecule is CCCCn1cc(C(=O)O)c(-c2ccccc2OC)n1. The van der Waals surface area contributed by atoms with Gasteiger partial charge < -0.3 is 9.84 Å². The van der Waals surface area contributed by atoms with Gasteiger partial charge in [-0.3, -0.25) is 4.68 Å². The Kier molecular flexibility index (Phi) is 4.40. The molecule has 1 aromatic heterocycles. The molecule has 0 saturated heterocycles. The number of benzene rings is 1. The van der Waals surface area contributed by atoms with Crippen LogP contribution in [-0.4, -0.2) is 28.0 Å². The van der Waals surface area contributed by atoms with E-state index in [-0.39, 0.29) is 5.56 Å².